The molecule has 2 rings (SSSR count). The number of nitrogens with zero attached hydrogens (tertiary/aromatic N) is 1. The van der Waals surface area contributed by atoms with E-state index in [-0.39, 0.29) is 5.97 Å². The van der Waals surface area contributed by atoms with Gasteiger partial charge in [-0.1, -0.05) is 23.8 Å². The number of aromatic nitrogens is 1. The van der Waals surface area contributed by atoms with Gasteiger partial charge >= 0.3 is 5.97 Å². The molecule has 0 saturated heterocycles. The highest BCUT2D eigenvalue weighted by atomic mass is 32.1. The molecule has 1 atom stereocenters. The van der Waals surface area contributed by atoms with Crippen molar-refractivity contribution in [3.63, 3.8) is 0 Å². The number of ether oxygens (including phenoxy) is 1. The fourth-order valence-corrected chi connectivity index (χ4v) is 2.07. The first-order valence-electron chi connectivity index (χ1n) is 6.76. The van der Waals surface area contributed by atoms with Crippen LogP contribution >= 0.6 is 12.6 Å². The van der Waals surface area contributed by atoms with Crippen molar-refractivity contribution in [2.75, 3.05) is 11.1 Å². The average molecular weight is 302 g/mol. The summed E-state index contributed by atoms with van der Waals surface area (Å²) < 4.78 is 5.28. The highest BCUT2D eigenvalue weighted by Crippen LogP contribution is 2.14. The number of thiol groups is 1. The van der Waals surface area contributed by atoms with Gasteiger partial charge in [-0.2, -0.15) is 12.6 Å². The third-order valence-corrected chi connectivity index (χ3v) is 3.20. The molecular weight excluding hydrogens is 284 g/mol. The third-order valence-electron chi connectivity index (χ3n) is 2.94. The van der Waals surface area contributed by atoms with Gasteiger partial charge < -0.3 is 10.1 Å². The molecule has 1 aromatic carbocycles. The topological polar surface area (TPSA) is 51.2 Å². The van der Waals surface area contributed by atoms with Gasteiger partial charge in [0.1, 0.15) is 6.04 Å². The van der Waals surface area contributed by atoms with Crippen LogP contribution in [0.1, 0.15) is 12.0 Å². The fraction of sp³-hybridized carbons (Fsp3) is 0.250. The van der Waals surface area contributed by atoms with Crippen molar-refractivity contribution in [1.29, 1.82) is 0 Å². The number of aryl methyl sites for hydroxylation is 1. The number of pyridine rings is 1. The van der Waals surface area contributed by atoms with E-state index >= 15 is 0 Å². The summed E-state index contributed by atoms with van der Waals surface area (Å²) in [6.45, 7) is 2.02. The van der Waals surface area contributed by atoms with Crippen molar-refractivity contribution in [2.24, 2.45) is 0 Å². The number of anilines is 1. The van der Waals surface area contributed by atoms with Gasteiger partial charge in [0.25, 0.3) is 0 Å². The highest BCUT2D eigenvalue weighted by Gasteiger charge is 2.20. The van der Waals surface area contributed by atoms with Crippen molar-refractivity contribution in [1.82, 2.24) is 4.98 Å². The van der Waals surface area contributed by atoms with Gasteiger partial charge in [-0.3, -0.25) is 0 Å². The molecule has 0 radical (unpaired) electrons. The van der Waals surface area contributed by atoms with Crippen molar-refractivity contribution < 1.29 is 9.53 Å². The maximum Gasteiger partial charge on any atom is 0.335 e. The van der Waals surface area contributed by atoms with Crippen LogP contribution < -0.4 is 10.1 Å². The van der Waals surface area contributed by atoms with E-state index in [0.29, 0.717) is 18.1 Å². The molecule has 0 aliphatic carbocycles. The Morgan fingerprint density at radius 1 is 1.29 bits per heavy atom. The lowest BCUT2D eigenvalue weighted by atomic mass is 10.2. The summed E-state index contributed by atoms with van der Waals surface area (Å²) in [6.07, 6.45) is 2.16. The van der Waals surface area contributed by atoms with Crippen molar-refractivity contribution in [2.45, 2.75) is 19.4 Å². The van der Waals surface area contributed by atoms with Crippen LogP contribution in [-0.4, -0.2) is 22.7 Å². The zero-order valence-electron chi connectivity index (χ0n) is 11.8. The molecule has 0 fully saturated rings. The monoisotopic (exact) mass is 302 g/mol. The van der Waals surface area contributed by atoms with Gasteiger partial charge in [0.05, 0.1) is 0 Å². The normalized spacial score (nSPS) is 11.7. The van der Waals surface area contributed by atoms with Crippen LogP contribution in [0, 0.1) is 6.92 Å². The van der Waals surface area contributed by atoms with Crippen LogP contribution in [0.15, 0.2) is 48.7 Å². The summed E-state index contributed by atoms with van der Waals surface area (Å²) in [6, 6.07) is 12.6. The number of esters is 1. The van der Waals surface area contributed by atoms with Gasteiger partial charge in [-0.25, -0.2) is 9.78 Å². The lowest BCUT2D eigenvalue weighted by Crippen LogP contribution is -2.34. The van der Waals surface area contributed by atoms with Crippen LogP contribution in [-0.2, 0) is 4.79 Å². The molecule has 0 bridgehead atoms. The summed E-state index contributed by atoms with van der Waals surface area (Å²) in [7, 11) is 0. The number of nitrogens with one attached hydrogen (secondary N) is 1. The average Bonchev–Trinajstić information content (AvgIpc) is 2.50. The predicted octanol–water partition coefficient (Wildman–Crippen LogP) is 3.10. The Morgan fingerprint density at radius 2 is 2.05 bits per heavy atom. The minimum absolute atomic E-state index is 0.303. The minimum atomic E-state index is -0.452. The summed E-state index contributed by atoms with van der Waals surface area (Å²) in [5.41, 5.74) is 2.05. The van der Waals surface area contributed by atoms with Gasteiger partial charge in [-0.15, -0.1) is 0 Å². The van der Waals surface area contributed by atoms with Crippen LogP contribution in [0.25, 0.3) is 0 Å². The first-order chi connectivity index (χ1) is 10.2. The number of hydrogen-bond acceptors (Lipinski definition) is 5. The Bertz CT molecular complexity index is 573. The van der Waals surface area contributed by atoms with E-state index in [2.05, 4.69) is 22.9 Å². The number of benzene rings is 1. The zero-order chi connectivity index (χ0) is 15.1. The van der Waals surface area contributed by atoms with Crippen LogP contribution in [0.4, 0.5) is 5.69 Å². The number of carbonyl (C=O) groups is 1. The zero-order valence-corrected chi connectivity index (χ0v) is 12.7. The largest absolute Gasteiger partial charge is 0.406 e. The molecule has 5 heteroatoms. The summed E-state index contributed by atoms with van der Waals surface area (Å²) in [5.74, 6) is 0.529. The van der Waals surface area contributed by atoms with Crippen LogP contribution in [0.5, 0.6) is 5.88 Å². The molecule has 0 amide bonds. The maximum atomic E-state index is 12.2. The van der Waals surface area contributed by atoms with Gasteiger partial charge in [0.2, 0.25) is 5.88 Å². The molecule has 0 saturated carbocycles. The number of rotatable bonds is 6. The molecule has 0 aliphatic heterocycles. The van der Waals surface area contributed by atoms with E-state index in [9.17, 15) is 4.79 Å². The summed E-state index contributed by atoms with van der Waals surface area (Å²) in [4.78, 5) is 16.2. The molecule has 1 N–H and O–H groups in total. The second-order valence-corrected chi connectivity index (χ2v) is 5.11. The Labute approximate surface area is 130 Å². The molecular formula is C16H18N2O2S. The smallest absolute Gasteiger partial charge is 0.335 e. The highest BCUT2D eigenvalue weighted by molar-refractivity contribution is 7.80. The molecule has 0 spiro atoms. The quantitative estimate of drug-likeness (QED) is 0.636. The maximum absolute atomic E-state index is 12.2. The van der Waals surface area contributed by atoms with Gasteiger partial charge in [0.15, 0.2) is 0 Å². The predicted molar refractivity (Wildman–Crippen MR) is 86.9 cm³/mol. The summed E-state index contributed by atoms with van der Waals surface area (Å²) >= 11 is 4.20. The van der Waals surface area contributed by atoms with Crippen LogP contribution in [0.3, 0.4) is 0 Å². The second-order valence-electron chi connectivity index (χ2n) is 4.66. The van der Waals surface area contributed by atoms with E-state index in [1.54, 1.807) is 24.4 Å². The van der Waals surface area contributed by atoms with E-state index in [4.69, 9.17) is 4.74 Å². The van der Waals surface area contributed by atoms with E-state index in [1.165, 1.54) is 5.56 Å². The van der Waals surface area contributed by atoms with Crippen molar-refractivity contribution in [3.8, 4) is 5.88 Å². The first kappa shape index (κ1) is 15.4. The Hall–Kier alpha value is -2.01. The third kappa shape index (κ3) is 4.79. The molecule has 0 aliphatic rings. The Balaban J connectivity index is 2.03. The van der Waals surface area contributed by atoms with E-state index in [0.717, 1.165) is 5.69 Å². The summed E-state index contributed by atoms with van der Waals surface area (Å²) in [5, 5.41) is 3.18. The molecule has 1 aromatic heterocycles. The molecule has 21 heavy (non-hydrogen) atoms. The van der Waals surface area contributed by atoms with Gasteiger partial charge in [-0.05, 0) is 37.3 Å². The molecule has 4 nitrogen and oxygen atoms in total. The standard InChI is InChI=1S/C16H18N2O2S/c1-12-5-7-13(8-6-12)18-14(9-11-21)16(19)20-15-4-2-3-10-17-15/h2-8,10,14,18,21H,9,11H2,1H3/t14-/m0/s1. The molecule has 0 unspecified atom stereocenters. The molecule has 110 valence electrons. The fourth-order valence-electron chi connectivity index (χ4n) is 1.81. The lowest BCUT2D eigenvalue weighted by Gasteiger charge is -2.17. The first-order valence-corrected chi connectivity index (χ1v) is 7.39. The molecule has 1 heterocycles. The van der Waals surface area contributed by atoms with Gasteiger partial charge in [0, 0.05) is 18.0 Å². The minimum Gasteiger partial charge on any atom is -0.406 e. The van der Waals surface area contributed by atoms with Crippen molar-refractivity contribution in [3.05, 3.63) is 54.2 Å². The van der Waals surface area contributed by atoms with E-state index < -0.39 is 6.04 Å². The number of carbonyl (C=O) groups excluding carboxylic acids is 1. The Kier molecular flexibility index (Phi) is 5.63. The number of hydrogen-bond donors (Lipinski definition) is 2. The lowest BCUT2D eigenvalue weighted by molar-refractivity contribution is -0.135. The van der Waals surface area contributed by atoms with Crippen LogP contribution in [0.2, 0.25) is 0 Å². The van der Waals surface area contributed by atoms with E-state index in [1.807, 2.05) is 31.2 Å². The van der Waals surface area contributed by atoms with Crippen molar-refractivity contribution >= 4 is 24.3 Å². The molecule has 2 aromatic rings. The SMILES string of the molecule is Cc1ccc(N[C@@H](CCS)C(=O)Oc2ccccn2)cc1. The Morgan fingerprint density at radius 3 is 2.67 bits per heavy atom. The second kappa shape index (κ2) is 7.69.